The molecule has 1 aromatic heterocycles. The molecule has 0 aromatic carbocycles. The van der Waals surface area contributed by atoms with Crippen LogP contribution in [0.15, 0.2) is 12.4 Å². The average Bonchev–Trinajstić information content (AvgIpc) is 3.02. The van der Waals surface area contributed by atoms with Crippen LogP contribution in [0.5, 0.6) is 0 Å². The maximum absolute atomic E-state index is 12.5. The Morgan fingerprint density at radius 1 is 1.32 bits per heavy atom. The minimum Gasteiger partial charge on any atom is -0.348 e. The lowest BCUT2D eigenvalue weighted by atomic mass is 9.92. The van der Waals surface area contributed by atoms with Gasteiger partial charge in [0.2, 0.25) is 5.91 Å². The van der Waals surface area contributed by atoms with Crippen LogP contribution in [-0.2, 0) is 4.79 Å². The normalized spacial score (nSPS) is 25.5. The van der Waals surface area contributed by atoms with Crippen LogP contribution in [0.2, 0.25) is 0 Å². The number of nitrogens with zero attached hydrogens (tertiary/aromatic N) is 2. The molecule has 5 nitrogen and oxygen atoms in total. The number of likely N-dealkylation sites (tertiary alicyclic amines) is 1. The molecule has 0 saturated carbocycles. The monoisotopic (exact) mass is 262 g/mol. The molecular weight excluding hydrogens is 240 g/mol. The quantitative estimate of drug-likeness (QED) is 0.839. The van der Waals surface area contributed by atoms with Crippen LogP contribution in [0, 0.1) is 5.92 Å². The topological polar surface area (TPSA) is 61.0 Å². The van der Waals surface area contributed by atoms with Crippen LogP contribution >= 0.6 is 0 Å². The SMILES string of the molecule is O=C(C1CCNCC1)N1CCCC(c2ncc[nH]2)C1. The first-order valence-corrected chi connectivity index (χ1v) is 7.33. The van der Waals surface area contributed by atoms with Crippen molar-refractivity contribution in [3.8, 4) is 0 Å². The Kier molecular flexibility index (Phi) is 3.82. The molecule has 0 radical (unpaired) electrons. The van der Waals surface area contributed by atoms with Gasteiger partial charge < -0.3 is 15.2 Å². The number of H-pyrrole nitrogens is 1. The highest BCUT2D eigenvalue weighted by molar-refractivity contribution is 5.79. The van der Waals surface area contributed by atoms with Gasteiger partial charge in [-0.3, -0.25) is 4.79 Å². The van der Waals surface area contributed by atoms with Gasteiger partial charge in [0, 0.05) is 37.3 Å². The van der Waals surface area contributed by atoms with Gasteiger partial charge in [0.1, 0.15) is 5.82 Å². The number of hydrogen-bond acceptors (Lipinski definition) is 3. The zero-order chi connectivity index (χ0) is 13.1. The third-order valence-electron chi connectivity index (χ3n) is 4.33. The summed E-state index contributed by atoms with van der Waals surface area (Å²) in [7, 11) is 0. The molecule has 3 heterocycles. The Hall–Kier alpha value is -1.36. The molecule has 1 atom stereocenters. The van der Waals surface area contributed by atoms with Gasteiger partial charge >= 0.3 is 0 Å². The van der Waals surface area contributed by atoms with Gasteiger partial charge in [-0.2, -0.15) is 0 Å². The van der Waals surface area contributed by atoms with E-state index in [2.05, 4.69) is 20.2 Å². The van der Waals surface area contributed by atoms with Crippen LogP contribution < -0.4 is 5.32 Å². The van der Waals surface area contributed by atoms with E-state index in [1.807, 2.05) is 6.20 Å². The van der Waals surface area contributed by atoms with Crippen LogP contribution in [0.4, 0.5) is 0 Å². The van der Waals surface area contributed by atoms with Gasteiger partial charge in [-0.1, -0.05) is 0 Å². The Labute approximate surface area is 113 Å². The van der Waals surface area contributed by atoms with Gasteiger partial charge in [-0.25, -0.2) is 4.98 Å². The Morgan fingerprint density at radius 3 is 2.89 bits per heavy atom. The molecule has 2 aliphatic heterocycles. The van der Waals surface area contributed by atoms with Crippen molar-refractivity contribution in [3.05, 3.63) is 18.2 Å². The molecule has 2 saturated heterocycles. The molecule has 2 fully saturated rings. The van der Waals surface area contributed by atoms with Crippen molar-refractivity contribution in [1.29, 1.82) is 0 Å². The summed E-state index contributed by atoms with van der Waals surface area (Å²) in [5.74, 6) is 2.01. The van der Waals surface area contributed by atoms with Gasteiger partial charge in [-0.05, 0) is 38.8 Å². The molecule has 3 rings (SSSR count). The minimum atomic E-state index is 0.233. The van der Waals surface area contributed by atoms with Crippen LogP contribution in [0.1, 0.15) is 37.4 Å². The summed E-state index contributed by atoms with van der Waals surface area (Å²) in [4.78, 5) is 22.1. The van der Waals surface area contributed by atoms with Crippen molar-refractivity contribution in [2.75, 3.05) is 26.2 Å². The second-order valence-electron chi connectivity index (χ2n) is 5.62. The van der Waals surface area contributed by atoms with E-state index in [1.165, 1.54) is 0 Å². The van der Waals surface area contributed by atoms with Crippen LogP contribution in [0.25, 0.3) is 0 Å². The van der Waals surface area contributed by atoms with E-state index in [0.29, 0.717) is 11.8 Å². The number of rotatable bonds is 2. The number of aromatic amines is 1. The summed E-state index contributed by atoms with van der Waals surface area (Å²) >= 11 is 0. The van der Waals surface area contributed by atoms with Crippen molar-refractivity contribution in [2.24, 2.45) is 5.92 Å². The largest absolute Gasteiger partial charge is 0.348 e. The predicted octanol–water partition coefficient (Wildman–Crippen LogP) is 1.12. The summed E-state index contributed by atoms with van der Waals surface area (Å²) in [5, 5.41) is 3.32. The highest BCUT2D eigenvalue weighted by Crippen LogP contribution is 2.26. The number of hydrogen-bond donors (Lipinski definition) is 2. The first-order valence-electron chi connectivity index (χ1n) is 7.33. The fraction of sp³-hybridized carbons (Fsp3) is 0.714. The number of nitrogens with one attached hydrogen (secondary N) is 2. The first-order chi connectivity index (χ1) is 9.34. The van der Waals surface area contributed by atoms with Gasteiger partial charge in [0.15, 0.2) is 0 Å². The molecule has 1 amide bonds. The van der Waals surface area contributed by atoms with E-state index in [0.717, 1.165) is 57.7 Å². The number of aromatic nitrogens is 2. The number of piperidine rings is 2. The smallest absolute Gasteiger partial charge is 0.225 e. The third-order valence-corrected chi connectivity index (χ3v) is 4.33. The molecule has 0 bridgehead atoms. The zero-order valence-corrected chi connectivity index (χ0v) is 11.3. The lowest BCUT2D eigenvalue weighted by Gasteiger charge is -2.35. The van der Waals surface area contributed by atoms with Gasteiger partial charge in [0.25, 0.3) is 0 Å². The summed E-state index contributed by atoms with van der Waals surface area (Å²) in [6.45, 7) is 3.70. The molecule has 0 aliphatic carbocycles. The van der Waals surface area contributed by atoms with E-state index in [9.17, 15) is 4.79 Å². The standard InChI is InChI=1S/C14H22N4O/c19-14(11-3-5-15-6-4-11)18-9-1-2-12(10-18)13-16-7-8-17-13/h7-8,11-12,15H,1-6,9-10H2,(H,16,17). The number of carbonyl (C=O) groups is 1. The lowest BCUT2D eigenvalue weighted by molar-refractivity contribution is -0.137. The van der Waals surface area contributed by atoms with Gasteiger partial charge in [-0.15, -0.1) is 0 Å². The van der Waals surface area contributed by atoms with Crippen molar-refractivity contribution in [1.82, 2.24) is 20.2 Å². The molecule has 2 aliphatic rings. The first kappa shape index (κ1) is 12.7. The van der Waals surface area contributed by atoms with Crippen molar-refractivity contribution in [2.45, 2.75) is 31.6 Å². The molecular formula is C14H22N4O. The molecule has 1 unspecified atom stereocenters. The molecule has 104 valence electrons. The van der Waals surface area contributed by atoms with E-state index in [4.69, 9.17) is 0 Å². The number of imidazole rings is 1. The van der Waals surface area contributed by atoms with E-state index in [1.54, 1.807) is 6.20 Å². The van der Waals surface area contributed by atoms with E-state index in [-0.39, 0.29) is 5.92 Å². The summed E-state index contributed by atoms with van der Waals surface area (Å²) in [6.07, 6.45) is 7.85. The average molecular weight is 262 g/mol. The Bertz CT molecular complexity index is 411. The molecule has 5 heteroatoms. The maximum Gasteiger partial charge on any atom is 0.225 e. The fourth-order valence-corrected chi connectivity index (χ4v) is 3.23. The van der Waals surface area contributed by atoms with Gasteiger partial charge in [0.05, 0.1) is 0 Å². The highest BCUT2D eigenvalue weighted by Gasteiger charge is 2.30. The maximum atomic E-state index is 12.5. The molecule has 1 aromatic rings. The summed E-state index contributed by atoms with van der Waals surface area (Å²) in [5.41, 5.74) is 0. The van der Waals surface area contributed by atoms with E-state index < -0.39 is 0 Å². The van der Waals surface area contributed by atoms with E-state index >= 15 is 0 Å². The number of carbonyl (C=O) groups excluding carboxylic acids is 1. The molecule has 19 heavy (non-hydrogen) atoms. The second kappa shape index (κ2) is 5.74. The predicted molar refractivity (Wildman–Crippen MR) is 72.7 cm³/mol. The Morgan fingerprint density at radius 2 is 2.16 bits per heavy atom. The second-order valence-corrected chi connectivity index (χ2v) is 5.62. The minimum absolute atomic E-state index is 0.233. The van der Waals surface area contributed by atoms with Crippen molar-refractivity contribution < 1.29 is 4.79 Å². The van der Waals surface area contributed by atoms with Crippen LogP contribution in [0.3, 0.4) is 0 Å². The lowest BCUT2D eigenvalue weighted by Crippen LogP contribution is -2.45. The zero-order valence-electron chi connectivity index (χ0n) is 11.3. The van der Waals surface area contributed by atoms with Crippen molar-refractivity contribution >= 4 is 5.91 Å². The van der Waals surface area contributed by atoms with Crippen LogP contribution in [-0.4, -0.2) is 47.0 Å². The summed E-state index contributed by atoms with van der Waals surface area (Å²) < 4.78 is 0. The molecule has 2 N–H and O–H groups in total. The Balaban J connectivity index is 1.62. The highest BCUT2D eigenvalue weighted by atomic mass is 16.2. The van der Waals surface area contributed by atoms with Crippen molar-refractivity contribution in [3.63, 3.8) is 0 Å². The summed E-state index contributed by atoms with van der Waals surface area (Å²) in [6, 6.07) is 0. The number of amides is 1. The fourth-order valence-electron chi connectivity index (χ4n) is 3.23. The third kappa shape index (κ3) is 2.81. The molecule has 0 spiro atoms.